The number of benzene rings is 1. The summed E-state index contributed by atoms with van der Waals surface area (Å²) >= 11 is 3.08. The lowest BCUT2D eigenvalue weighted by molar-refractivity contribution is -0.274. The fraction of sp³-hybridized carbons (Fsp3) is 0.538. The summed E-state index contributed by atoms with van der Waals surface area (Å²) in [6, 6.07) is 4.81. The van der Waals surface area contributed by atoms with E-state index in [2.05, 4.69) is 26.0 Å². The van der Waals surface area contributed by atoms with E-state index in [0.29, 0.717) is 24.1 Å². The van der Waals surface area contributed by atoms with Crippen LogP contribution in [-0.2, 0) is 17.3 Å². The molecule has 21 heavy (non-hydrogen) atoms. The second-order valence-electron chi connectivity index (χ2n) is 4.82. The lowest BCUT2D eigenvalue weighted by Crippen LogP contribution is -2.35. The van der Waals surface area contributed by atoms with E-state index in [1.807, 2.05) is 0 Å². The Bertz CT molecular complexity index is 515. The first kappa shape index (κ1) is 16.8. The first-order chi connectivity index (χ1) is 9.83. The Kier molecular flexibility index (Phi) is 5.67. The Hall–Kier alpha value is -0.600. The van der Waals surface area contributed by atoms with Crippen molar-refractivity contribution in [2.75, 3.05) is 11.5 Å². The van der Waals surface area contributed by atoms with E-state index in [1.54, 1.807) is 12.1 Å². The van der Waals surface area contributed by atoms with Crippen LogP contribution in [0.25, 0.3) is 0 Å². The molecule has 1 aromatic rings. The van der Waals surface area contributed by atoms with Crippen molar-refractivity contribution in [3.05, 3.63) is 28.2 Å². The van der Waals surface area contributed by atoms with Crippen LogP contribution in [0, 0.1) is 0 Å². The van der Waals surface area contributed by atoms with E-state index >= 15 is 0 Å². The quantitative estimate of drug-likeness (QED) is 0.863. The molecule has 0 bridgehead atoms. The lowest BCUT2D eigenvalue weighted by atomic mass is 10.1. The van der Waals surface area contributed by atoms with Gasteiger partial charge in [-0.25, -0.2) is 0 Å². The van der Waals surface area contributed by atoms with E-state index in [0.717, 1.165) is 18.4 Å². The molecule has 2 rings (SSSR count). The van der Waals surface area contributed by atoms with Crippen molar-refractivity contribution in [3.8, 4) is 5.75 Å². The van der Waals surface area contributed by atoms with Gasteiger partial charge in [-0.2, -0.15) is 0 Å². The minimum atomic E-state index is -4.69. The van der Waals surface area contributed by atoms with Crippen LogP contribution in [0.1, 0.15) is 18.4 Å². The van der Waals surface area contributed by atoms with Crippen LogP contribution < -0.4 is 10.1 Å². The van der Waals surface area contributed by atoms with Crippen molar-refractivity contribution in [1.29, 1.82) is 0 Å². The average molecular weight is 386 g/mol. The molecule has 1 fully saturated rings. The van der Waals surface area contributed by atoms with Gasteiger partial charge in [-0.1, -0.05) is 6.07 Å². The topological polar surface area (TPSA) is 38.3 Å². The highest BCUT2D eigenvalue weighted by molar-refractivity contribution is 9.10. The predicted molar refractivity (Wildman–Crippen MR) is 78.6 cm³/mol. The third kappa shape index (κ3) is 5.60. The molecule has 0 aromatic heterocycles. The molecule has 1 saturated heterocycles. The number of alkyl halides is 3. The average Bonchev–Trinajstić information content (AvgIpc) is 2.40. The monoisotopic (exact) mass is 385 g/mol. The zero-order valence-electron chi connectivity index (χ0n) is 11.1. The molecule has 1 N–H and O–H groups in total. The molecule has 0 atom stereocenters. The number of nitrogens with one attached hydrogen (secondary N) is 1. The van der Waals surface area contributed by atoms with E-state index < -0.39 is 17.2 Å². The van der Waals surface area contributed by atoms with E-state index in [9.17, 15) is 17.4 Å². The molecule has 1 heterocycles. The van der Waals surface area contributed by atoms with E-state index in [4.69, 9.17) is 0 Å². The van der Waals surface area contributed by atoms with Crippen LogP contribution in [0.15, 0.2) is 22.7 Å². The van der Waals surface area contributed by atoms with Gasteiger partial charge in [-0.05, 0) is 46.5 Å². The summed E-state index contributed by atoms with van der Waals surface area (Å²) in [6.07, 6.45) is -2.97. The molecule has 0 aliphatic carbocycles. The molecule has 118 valence electrons. The summed E-state index contributed by atoms with van der Waals surface area (Å²) in [4.78, 5) is 0. The zero-order valence-corrected chi connectivity index (χ0v) is 13.5. The molecule has 0 spiro atoms. The van der Waals surface area contributed by atoms with E-state index in [-0.39, 0.29) is 10.2 Å². The molecule has 0 amide bonds. The Labute approximate surface area is 131 Å². The third-order valence-electron chi connectivity index (χ3n) is 3.20. The van der Waals surface area contributed by atoms with Crippen LogP contribution in [0.4, 0.5) is 13.2 Å². The second-order valence-corrected chi connectivity index (χ2v) is 7.37. The standard InChI is InChI=1S/C13H15BrF3NO2S/c14-11-7-9(1-2-12(11)20-13(15,16)17)8-18-10-3-5-21(19)6-4-10/h1-2,7,10,18H,3-6,8H2. The SMILES string of the molecule is O=S1CCC(NCc2ccc(OC(F)(F)F)c(Br)c2)CC1. The summed E-state index contributed by atoms with van der Waals surface area (Å²) in [5.74, 6) is 1.17. The van der Waals surface area contributed by atoms with Crippen LogP contribution in [0.2, 0.25) is 0 Å². The maximum atomic E-state index is 12.2. The Morgan fingerprint density at radius 2 is 2.00 bits per heavy atom. The number of rotatable bonds is 4. The summed E-state index contributed by atoms with van der Waals surface area (Å²) in [7, 11) is -0.696. The van der Waals surface area contributed by atoms with Crippen molar-refractivity contribution in [1.82, 2.24) is 5.32 Å². The van der Waals surface area contributed by atoms with Gasteiger partial charge in [0, 0.05) is 34.9 Å². The highest BCUT2D eigenvalue weighted by atomic mass is 79.9. The minimum Gasteiger partial charge on any atom is -0.405 e. The Morgan fingerprint density at radius 1 is 1.33 bits per heavy atom. The predicted octanol–water partition coefficient (Wildman–Crippen LogP) is 3.35. The van der Waals surface area contributed by atoms with Crippen LogP contribution in [-0.4, -0.2) is 28.1 Å². The maximum Gasteiger partial charge on any atom is 0.573 e. The Morgan fingerprint density at radius 3 is 2.57 bits per heavy atom. The number of ether oxygens (including phenoxy) is 1. The molecule has 1 aliphatic rings. The summed E-state index contributed by atoms with van der Waals surface area (Å²) in [6.45, 7) is 0.558. The molecular weight excluding hydrogens is 371 g/mol. The first-order valence-corrected chi connectivity index (χ1v) is 8.74. The largest absolute Gasteiger partial charge is 0.573 e. The normalized spacial score (nSPS) is 23.0. The van der Waals surface area contributed by atoms with Crippen molar-refractivity contribution < 1.29 is 22.1 Å². The fourth-order valence-corrected chi connectivity index (χ4v) is 3.93. The van der Waals surface area contributed by atoms with Gasteiger partial charge in [-0.15, -0.1) is 13.2 Å². The maximum absolute atomic E-state index is 12.2. The zero-order chi connectivity index (χ0) is 15.5. The van der Waals surface area contributed by atoms with Crippen LogP contribution >= 0.6 is 15.9 Å². The molecule has 1 aliphatic heterocycles. The summed E-state index contributed by atoms with van der Waals surface area (Å²) < 4.78 is 51.9. The van der Waals surface area contributed by atoms with E-state index in [1.165, 1.54) is 6.07 Å². The molecular formula is C13H15BrF3NO2S. The summed E-state index contributed by atoms with van der Waals surface area (Å²) in [5, 5.41) is 3.34. The molecule has 8 heteroatoms. The smallest absolute Gasteiger partial charge is 0.405 e. The van der Waals surface area contributed by atoms with Gasteiger partial charge in [0.1, 0.15) is 5.75 Å². The molecule has 1 aromatic carbocycles. The fourth-order valence-electron chi connectivity index (χ4n) is 2.12. The first-order valence-electron chi connectivity index (χ1n) is 6.46. The van der Waals surface area contributed by atoms with Gasteiger partial charge in [0.2, 0.25) is 0 Å². The highest BCUT2D eigenvalue weighted by Crippen LogP contribution is 2.31. The molecule has 0 radical (unpaired) electrons. The van der Waals surface area contributed by atoms with Crippen LogP contribution in [0.5, 0.6) is 5.75 Å². The van der Waals surface area contributed by atoms with Gasteiger partial charge in [-0.3, -0.25) is 4.21 Å². The van der Waals surface area contributed by atoms with Gasteiger partial charge in [0.05, 0.1) is 4.47 Å². The Balaban J connectivity index is 1.90. The number of hydrogen-bond donors (Lipinski definition) is 1. The minimum absolute atomic E-state index is 0.251. The van der Waals surface area contributed by atoms with Gasteiger partial charge in [0.25, 0.3) is 0 Å². The molecule has 0 unspecified atom stereocenters. The van der Waals surface area contributed by atoms with Gasteiger partial charge in [0.15, 0.2) is 0 Å². The van der Waals surface area contributed by atoms with Crippen LogP contribution in [0.3, 0.4) is 0 Å². The van der Waals surface area contributed by atoms with Crippen molar-refractivity contribution in [3.63, 3.8) is 0 Å². The highest BCUT2D eigenvalue weighted by Gasteiger charge is 2.31. The lowest BCUT2D eigenvalue weighted by Gasteiger charge is -2.22. The van der Waals surface area contributed by atoms with Gasteiger partial charge < -0.3 is 10.1 Å². The van der Waals surface area contributed by atoms with Gasteiger partial charge >= 0.3 is 6.36 Å². The van der Waals surface area contributed by atoms with Crippen molar-refractivity contribution in [2.45, 2.75) is 31.8 Å². The number of hydrogen-bond acceptors (Lipinski definition) is 3. The molecule has 0 saturated carbocycles. The summed E-state index contributed by atoms with van der Waals surface area (Å²) in [5.41, 5.74) is 0.864. The molecule has 3 nitrogen and oxygen atoms in total. The van der Waals surface area contributed by atoms with Crippen molar-refractivity contribution >= 4 is 26.7 Å². The number of halogens is 4. The second kappa shape index (κ2) is 7.11. The third-order valence-corrected chi connectivity index (χ3v) is 5.21. The van der Waals surface area contributed by atoms with Crippen molar-refractivity contribution in [2.24, 2.45) is 0 Å².